The van der Waals surface area contributed by atoms with Crippen LogP contribution in [-0.4, -0.2) is 19.3 Å². The molecule has 118 valence electrons. The van der Waals surface area contributed by atoms with E-state index in [0.29, 0.717) is 16.9 Å². The highest BCUT2D eigenvalue weighted by Crippen LogP contribution is 2.35. The number of aryl methyl sites for hydroxylation is 1. The van der Waals surface area contributed by atoms with Crippen molar-refractivity contribution in [2.24, 2.45) is 5.92 Å². The zero-order valence-electron chi connectivity index (χ0n) is 12.1. The third-order valence-electron chi connectivity index (χ3n) is 4.14. The molecule has 0 atom stereocenters. The number of nitrogens with zero attached hydrogens (tertiary/aromatic N) is 1. The molecule has 1 aliphatic rings. The molecule has 0 bridgehead atoms. The monoisotopic (exact) mass is 311 g/mol. The Morgan fingerprint density at radius 3 is 2.50 bits per heavy atom. The summed E-state index contributed by atoms with van der Waals surface area (Å²) in [6.07, 6.45) is -4.09. The van der Waals surface area contributed by atoms with Crippen LogP contribution in [0.25, 0.3) is 11.0 Å². The van der Waals surface area contributed by atoms with Gasteiger partial charge in [0.25, 0.3) is 0 Å². The number of anilines is 1. The van der Waals surface area contributed by atoms with Crippen molar-refractivity contribution in [3.63, 3.8) is 0 Å². The second-order valence-corrected chi connectivity index (χ2v) is 5.75. The Morgan fingerprint density at radius 1 is 1.18 bits per heavy atom. The Balaban J connectivity index is 1.86. The average Bonchev–Trinajstić information content (AvgIpc) is 2.47. The second kappa shape index (κ2) is 5.34. The summed E-state index contributed by atoms with van der Waals surface area (Å²) in [5, 5.41) is 0.494. The molecule has 2 heterocycles. The Kier molecular flexibility index (Phi) is 3.62. The van der Waals surface area contributed by atoms with Crippen LogP contribution in [0.1, 0.15) is 18.4 Å². The van der Waals surface area contributed by atoms with Crippen molar-refractivity contribution in [2.75, 3.05) is 18.0 Å². The van der Waals surface area contributed by atoms with Gasteiger partial charge in [-0.25, -0.2) is 0 Å². The van der Waals surface area contributed by atoms with Gasteiger partial charge in [-0.2, -0.15) is 13.2 Å². The lowest BCUT2D eigenvalue weighted by Crippen LogP contribution is -2.39. The normalized spacial score (nSPS) is 17.2. The minimum absolute atomic E-state index is 0.0269. The fraction of sp³-hybridized carbons (Fsp3) is 0.438. The molecule has 22 heavy (non-hydrogen) atoms. The molecule has 1 aliphatic heterocycles. The first-order valence-electron chi connectivity index (χ1n) is 7.21. The number of hydrogen-bond donors (Lipinski definition) is 0. The van der Waals surface area contributed by atoms with E-state index in [4.69, 9.17) is 4.42 Å². The van der Waals surface area contributed by atoms with Gasteiger partial charge in [0.2, 0.25) is 0 Å². The maximum absolute atomic E-state index is 12.7. The van der Waals surface area contributed by atoms with Gasteiger partial charge in [-0.05, 0) is 31.9 Å². The van der Waals surface area contributed by atoms with Crippen LogP contribution < -0.4 is 10.3 Å². The number of hydrogen-bond acceptors (Lipinski definition) is 3. The minimum atomic E-state index is -4.15. The molecule has 0 unspecified atom stereocenters. The lowest BCUT2D eigenvalue weighted by Gasteiger charge is -2.33. The minimum Gasteiger partial charge on any atom is -0.440 e. The number of piperidine rings is 1. The summed E-state index contributed by atoms with van der Waals surface area (Å²) in [6, 6.07) is 6.68. The SMILES string of the molecule is Cc1ccc2oc(N3CCC(C(F)(F)F)CC3)cc(=O)c2c1. The lowest BCUT2D eigenvalue weighted by atomic mass is 9.96. The number of rotatable bonds is 1. The first-order chi connectivity index (χ1) is 10.3. The highest BCUT2D eigenvalue weighted by molar-refractivity contribution is 5.78. The lowest BCUT2D eigenvalue weighted by molar-refractivity contribution is -0.179. The van der Waals surface area contributed by atoms with Gasteiger partial charge in [0.15, 0.2) is 11.3 Å². The first-order valence-corrected chi connectivity index (χ1v) is 7.21. The van der Waals surface area contributed by atoms with Crippen LogP contribution in [0.2, 0.25) is 0 Å². The fourth-order valence-electron chi connectivity index (χ4n) is 2.84. The number of fused-ring (bicyclic) bond motifs is 1. The van der Waals surface area contributed by atoms with Crippen LogP contribution in [0.3, 0.4) is 0 Å². The summed E-state index contributed by atoms with van der Waals surface area (Å²) in [5.41, 5.74) is 1.25. The second-order valence-electron chi connectivity index (χ2n) is 5.75. The Bertz CT molecular complexity index is 743. The van der Waals surface area contributed by atoms with Crippen molar-refractivity contribution in [3.8, 4) is 0 Å². The van der Waals surface area contributed by atoms with E-state index in [-0.39, 0.29) is 31.4 Å². The zero-order chi connectivity index (χ0) is 15.9. The number of halogens is 3. The van der Waals surface area contributed by atoms with E-state index in [9.17, 15) is 18.0 Å². The van der Waals surface area contributed by atoms with Crippen LogP contribution in [0, 0.1) is 12.8 Å². The van der Waals surface area contributed by atoms with Crippen LogP contribution in [0.4, 0.5) is 19.1 Å². The third-order valence-corrected chi connectivity index (χ3v) is 4.14. The maximum Gasteiger partial charge on any atom is 0.391 e. The van der Waals surface area contributed by atoms with Gasteiger partial charge in [0, 0.05) is 19.2 Å². The van der Waals surface area contributed by atoms with Gasteiger partial charge in [-0.1, -0.05) is 11.6 Å². The smallest absolute Gasteiger partial charge is 0.391 e. The average molecular weight is 311 g/mol. The number of benzene rings is 1. The molecule has 1 aromatic carbocycles. The molecular formula is C16H16F3NO2. The van der Waals surface area contributed by atoms with Crippen molar-refractivity contribution in [2.45, 2.75) is 25.9 Å². The summed E-state index contributed by atoms with van der Waals surface area (Å²) in [7, 11) is 0. The molecule has 6 heteroatoms. The molecule has 1 saturated heterocycles. The van der Waals surface area contributed by atoms with Crippen LogP contribution in [0.15, 0.2) is 33.5 Å². The summed E-state index contributed by atoms with van der Waals surface area (Å²) in [6.45, 7) is 2.36. The van der Waals surface area contributed by atoms with Crippen molar-refractivity contribution in [3.05, 3.63) is 40.1 Å². The standard InChI is InChI=1S/C16H16F3NO2/c1-10-2-3-14-12(8-10)13(21)9-15(22-14)20-6-4-11(5-7-20)16(17,18)19/h2-3,8-9,11H,4-7H2,1H3. The van der Waals surface area contributed by atoms with E-state index in [1.54, 1.807) is 17.0 Å². The molecule has 1 fully saturated rings. The van der Waals surface area contributed by atoms with Crippen molar-refractivity contribution in [1.82, 2.24) is 0 Å². The predicted molar refractivity (Wildman–Crippen MR) is 78.2 cm³/mol. The molecule has 0 radical (unpaired) electrons. The van der Waals surface area contributed by atoms with E-state index in [1.807, 2.05) is 13.0 Å². The molecule has 2 aromatic rings. The predicted octanol–water partition coefficient (Wildman–Crippen LogP) is 3.88. The Labute approximate surface area is 125 Å². The van der Waals surface area contributed by atoms with Gasteiger partial charge in [-0.3, -0.25) is 4.79 Å². The van der Waals surface area contributed by atoms with Gasteiger partial charge >= 0.3 is 6.18 Å². The Hall–Kier alpha value is -1.98. The first kappa shape index (κ1) is 14.9. The maximum atomic E-state index is 12.7. The third kappa shape index (κ3) is 2.82. The molecular weight excluding hydrogens is 295 g/mol. The summed E-state index contributed by atoms with van der Waals surface area (Å²) < 4.78 is 43.8. The molecule has 3 nitrogen and oxygen atoms in total. The molecule has 0 N–H and O–H groups in total. The topological polar surface area (TPSA) is 33.5 Å². The summed E-state index contributed by atoms with van der Waals surface area (Å²) in [4.78, 5) is 13.9. The molecule has 0 saturated carbocycles. The molecule has 1 aromatic heterocycles. The quantitative estimate of drug-likeness (QED) is 0.801. The van der Waals surface area contributed by atoms with Crippen LogP contribution in [0.5, 0.6) is 0 Å². The van der Waals surface area contributed by atoms with Gasteiger partial charge in [-0.15, -0.1) is 0 Å². The van der Waals surface area contributed by atoms with E-state index in [1.165, 1.54) is 6.07 Å². The highest BCUT2D eigenvalue weighted by Gasteiger charge is 2.41. The molecule has 0 aliphatic carbocycles. The van der Waals surface area contributed by atoms with E-state index >= 15 is 0 Å². The Morgan fingerprint density at radius 2 is 1.86 bits per heavy atom. The van der Waals surface area contributed by atoms with Crippen LogP contribution in [-0.2, 0) is 0 Å². The van der Waals surface area contributed by atoms with Crippen molar-refractivity contribution < 1.29 is 17.6 Å². The van der Waals surface area contributed by atoms with E-state index < -0.39 is 12.1 Å². The highest BCUT2D eigenvalue weighted by atomic mass is 19.4. The van der Waals surface area contributed by atoms with Crippen molar-refractivity contribution in [1.29, 1.82) is 0 Å². The fourth-order valence-corrected chi connectivity index (χ4v) is 2.84. The summed E-state index contributed by atoms with van der Waals surface area (Å²) >= 11 is 0. The van der Waals surface area contributed by atoms with Gasteiger partial charge in [0.05, 0.1) is 11.3 Å². The largest absolute Gasteiger partial charge is 0.440 e. The van der Waals surface area contributed by atoms with Crippen molar-refractivity contribution >= 4 is 16.9 Å². The van der Waals surface area contributed by atoms with E-state index in [2.05, 4.69) is 0 Å². The molecule has 3 rings (SSSR count). The summed E-state index contributed by atoms with van der Waals surface area (Å²) in [5.74, 6) is -0.916. The number of alkyl halides is 3. The van der Waals surface area contributed by atoms with E-state index in [0.717, 1.165) is 5.56 Å². The van der Waals surface area contributed by atoms with Gasteiger partial charge in [0.1, 0.15) is 5.58 Å². The molecule has 0 amide bonds. The van der Waals surface area contributed by atoms with Crippen LogP contribution >= 0.6 is 0 Å². The van der Waals surface area contributed by atoms with Gasteiger partial charge < -0.3 is 9.32 Å². The zero-order valence-corrected chi connectivity index (χ0v) is 12.1. The molecule has 0 spiro atoms.